The van der Waals surface area contributed by atoms with E-state index in [1.807, 2.05) is 0 Å². The fourth-order valence-electron chi connectivity index (χ4n) is 9.26. The van der Waals surface area contributed by atoms with Crippen molar-refractivity contribution in [3.8, 4) is 0 Å². The van der Waals surface area contributed by atoms with Crippen molar-refractivity contribution in [2.45, 2.75) is 128 Å². The molecule has 0 amide bonds. The molecular weight excluding hydrogens is 428 g/mol. The maximum absolute atomic E-state index is 5.60. The number of hydrogen-bond donors (Lipinski definition) is 2. The first kappa shape index (κ1) is 26.5. The summed E-state index contributed by atoms with van der Waals surface area (Å²) in [6, 6.07) is 0. The SMILES string of the molecule is C1CC2CCNCC2C1.C1CC2CNCC2C1.C1CCC2CCCC2C1.C1COC2CCCC2C1. The van der Waals surface area contributed by atoms with Gasteiger partial charge < -0.3 is 15.4 Å². The van der Waals surface area contributed by atoms with Crippen LogP contribution < -0.4 is 10.6 Å². The zero-order valence-corrected chi connectivity index (χ0v) is 23.0. The Morgan fingerprint density at radius 3 is 1.46 bits per heavy atom. The van der Waals surface area contributed by atoms with Crippen LogP contribution in [-0.2, 0) is 4.74 Å². The van der Waals surface area contributed by atoms with Crippen molar-refractivity contribution in [1.29, 1.82) is 0 Å². The van der Waals surface area contributed by atoms with Crippen molar-refractivity contribution in [2.24, 2.45) is 41.4 Å². The van der Waals surface area contributed by atoms with E-state index in [0.29, 0.717) is 6.10 Å². The summed E-state index contributed by atoms with van der Waals surface area (Å²) >= 11 is 0. The highest BCUT2D eigenvalue weighted by Crippen LogP contribution is 2.41. The molecule has 3 aliphatic heterocycles. The van der Waals surface area contributed by atoms with Crippen LogP contribution in [0, 0.1) is 41.4 Å². The molecule has 0 aromatic rings. The van der Waals surface area contributed by atoms with Gasteiger partial charge in [-0.2, -0.15) is 0 Å². The number of ether oxygens (including phenoxy) is 1. The molecule has 2 N–H and O–H groups in total. The lowest BCUT2D eigenvalue weighted by Crippen LogP contribution is -2.33. The van der Waals surface area contributed by atoms with Crippen LogP contribution in [0.4, 0.5) is 0 Å². The zero-order chi connectivity index (χ0) is 23.7. The second-order valence-corrected chi connectivity index (χ2v) is 13.5. The summed E-state index contributed by atoms with van der Waals surface area (Å²) in [6.45, 7) is 6.24. The van der Waals surface area contributed by atoms with Gasteiger partial charge in [-0.1, -0.05) is 70.6 Å². The van der Waals surface area contributed by atoms with Gasteiger partial charge in [0.05, 0.1) is 6.10 Å². The van der Waals surface area contributed by atoms with E-state index >= 15 is 0 Å². The van der Waals surface area contributed by atoms with Crippen LogP contribution in [0.15, 0.2) is 0 Å². The largest absolute Gasteiger partial charge is 0.378 e. The Labute approximate surface area is 217 Å². The van der Waals surface area contributed by atoms with Crippen LogP contribution in [0.5, 0.6) is 0 Å². The van der Waals surface area contributed by atoms with E-state index in [2.05, 4.69) is 10.6 Å². The second kappa shape index (κ2) is 14.1. The normalized spacial score (nSPS) is 43.2. The molecule has 3 nitrogen and oxygen atoms in total. The highest BCUT2D eigenvalue weighted by atomic mass is 16.5. The lowest BCUT2D eigenvalue weighted by atomic mass is 9.82. The molecule has 3 saturated heterocycles. The third-order valence-corrected chi connectivity index (χ3v) is 11.4. The van der Waals surface area contributed by atoms with Gasteiger partial charge in [-0.3, -0.25) is 0 Å². The molecule has 0 bridgehead atoms. The monoisotopic (exact) mass is 486 g/mol. The molecule has 8 unspecified atom stereocenters. The first-order chi connectivity index (χ1) is 17.4. The van der Waals surface area contributed by atoms with Gasteiger partial charge in [0.15, 0.2) is 0 Å². The number of nitrogens with one attached hydrogen (secondary N) is 2. The van der Waals surface area contributed by atoms with E-state index in [-0.39, 0.29) is 0 Å². The average Bonchev–Trinajstić information content (AvgIpc) is 3.73. The van der Waals surface area contributed by atoms with Gasteiger partial charge in [-0.15, -0.1) is 0 Å². The van der Waals surface area contributed by atoms with Crippen LogP contribution in [0.1, 0.15) is 122 Å². The number of fused-ring (bicyclic) bond motifs is 4. The van der Waals surface area contributed by atoms with Gasteiger partial charge in [0, 0.05) is 6.61 Å². The Hall–Kier alpha value is -0.120. The average molecular weight is 487 g/mol. The summed E-state index contributed by atoms with van der Waals surface area (Å²) in [5.74, 6) is 7.56. The molecule has 8 rings (SSSR count). The Bertz CT molecular complexity index is 478. The Balaban J connectivity index is 0.0000000967. The molecule has 3 heterocycles. The molecule has 5 aliphatic carbocycles. The fourth-order valence-corrected chi connectivity index (χ4v) is 9.26. The van der Waals surface area contributed by atoms with Crippen molar-refractivity contribution in [1.82, 2.24) is 10.6 Å². The molecule has 0 aromatic heterocycles. The number of piperidine rings is 1. The number of rotatable bonds is 0. The molecule has 0 radical (unpaired) electrons. The summed E-state index contributed by atoms with van der Waals surface area (Å²) in [5.41, 5.74) is 0. The highest BCUT2D eigenvalue weighted by molar-refractivity contribution is 4.86. The summed E-state index contributed by atoms with van der Waals surface area (Å²) in [7, 11) is 0. The topological polar surface area (TPSA) is 33.3 Å². The molecule has 202 valence electrons. The van der Waals surface area contributed by atoms with Crippen molar-refractivity contribution in [3.63, 3.8) is 0 Å². The Kier molecular flexibility index (Phi) is 10.7. The van der Waals surface area contributed by atoms with Gasteiger partial charge in [0.2, 0.25) is 0 Å². The van der Waals surface area contributed by atoms with Crippen molar-refractivity contribution in [3.05, 3.63) is 0 Å². The van der Waals surface area contributed by atoms with E-state index in [4.69, 9.17) is 4.74 Å². The van der Waals surface area contributed by atoms with E-state index in [0.717, 1.165) is 36.2 Å². The standard InChI is InChI=1S/C9H16.C8H15N.C8H14O.C7H13N/c1-2-5-9-7-3-6-8(9)4-1;1-2-7-4-5-9-6-8(7)3-1;1-3-7-4-2-6-9-8(7)5-1;1-2-6-4-8-5-7(6)3-1/h8-9H,1-7H2;7-9H,1-6H2;7-8H,1-6H2;6-8H,1-5H2. The quantitative estimate of drug-likeness (QED) is 0.376. The van der Waals surface area contributed by atoms with Crippen molar-refractivity contribution < 1.29 is 4.74 Å². The third-order valence-electron chi connectivity index (χ3n) is 11.4. The van der Waals surface area contributed by atoms with Crippen LogP contribution in [0.3, 0.4) is 0 Å². The van der Waals surface area contributed by atoms with E-state index < -0.39 is 0 Å². The lowest BCUT2D eigenvalue weighted by Gasteiger charge is -2.25. The van der Waals surface area contributed by atoms with Gasteiger partial charge in [0.25, 0.3) is 0 Å². The minimum atomic E-state index is 0.666. The first-order valence-electron chi connectivity index (χ1n) is 16.4. The summed E-state index contributed by atoms with van der Waals surface area (Å²) in [6.07, 6.45) is 28.9. The minimum absolute atomic E-state index is 0.666. The second-order valence-electron chi connectivity index (χ2n) is 13.5. The Morgan fingerprint density at radius 2 is 0.829 bits per heavy atom. The third kappa shape index (κ3) is 7.70. The summed E-state index contributed by atoms with van der Waals surface area (Å²) in [4.78, 5) is 0. The fraction of sp³-hybridized carbons (Fsp3) is 1.00. The predicted molar refractivity (Wildman–Crippen MR) is 148 cm³/mol. The zero-order valence-electron chi connectivity index (χ0n) is 23.0. The molecule has 8 atom stereocenters. The summed E-state index contributed by atoms with van der Waals surface area (Å²) in [5, 5.41) is 6.88. The molecule has 3 heteroatoms. The lowest BCUT2D eigenvalue weighted by molar-refractivity contribution is -0.00924. The maximum atomic E-state index is 5.60. The van der Waals surface area contributed by atoms with Gasteiger partial charge >= 0.3 is 0 Å². The minimum Gasteiger partial charge on any atom is -0.378 e. The van der Waals surface area contributed by atoms with Crippen molar-refractivity contribution >= 4 is 0 Å². The van der Waals surface area contributed by atoms with Crippen LogP contribution in [-0.4, -0.2) is 38.9 Å². The first-order valence-corrected chi connectivity index (χ1v) is 16.4. The smallest absolute Gasteiger partial charge is 0.0603 e. The van der Waals surface area contributed by atoms with Crippen LogP contribution in [0.2, 0.25) is 0 Å². The van der Waals surface area contributed by atoms with Crippen LogP contribution in [0.25, 0.3) is 0 Å². The van der Waals surface area contributed by atoms with Gasteiger partial charge in [-0.25, -0.2) is 0 Å². The van der Waals surface area contributed by atoms with Crippen LogP contribution >= 0.6 is 0 Å². The molecular formula is C32H58N2O. The van der Waals surface area contributed by atoms with Gasteiger partial charge in [0.1, 0.15) is 0 Å². The van der Waals surface area contributed by atoms with Crippen molar-refractivity contribution in [2.75, 3.05) is 32.8 Å². The molecule has 8 aliphatic rings. The predicted octanol–water partition coefficient (Wildman–Crippen LogP) is 7.34. The van der Waals surface area contributed by atoms with E-state index in [1.165, 1.54) is 134 Å². The highest BCUT2D eigenvalue weighted by Gasteiger charge is 2.32. The molecule has 8 fully saturated rings. The number of hydrogen-bond acceptors (Lipinski definition) is 3. The molecule has 0 spiro atoms. The molecule has 5 saturated carbocycles. The Morgan fingerprint density at radius 1 is 0.371 bits per heavy atom. The molecule has 35 heavy (non-hydrogen) atoms. The van der Waals surface area contributed by atoms with E-state index in [1.54, 1.807) is 25.7 Å². The van der Waals surface area contributed by atoms with E-state index in [9.17, 15) is 0 Å². The summed E-state index contributed by atoms with van der Waals surface area (Å²) < 4.78 is 5.60. The van der Waals surface area contributed by atoms with Gasteiger partial charge in [-0.05, 0) is 119 Å². The maximum Gasteiger partial charge on any atom is 0.0603 e. The molecule has 0 aromatic carbocycles.